The molecule has 1 heterocycles. The minimum atomic E-state index is -1.00. The van der Waals surface area contributed by atoms with Crippen molar-refractivity contribution in [2.24, 2.45) is 0 Å². The number of urea groups is 1. The highest BCUT2D eigenvalue weighted by atomic mass is 16.5. The van der Waals surface area contributed by atoms with Crippen LogP contribution >= 0.6 is 0 Å². The maximum Gasteiger partial charge on any atom is 0.326 e. The molecule has 0 fully saturated rings. The Kier molecular flexibility index (Phi) is 5.64. The molecule has 1 atom stereocenters. The quantitative estimate of drug-likeness (QED) is 0.714. The van der Waals surface area contributed by atoms with Gasteiger partial charge in [-0.1, -0.05) is 13.0 Å². The summed E-state index contributed by atoms with van der Waals surface area (Å²) in [6.45, 7) is 3.41. The zero-order valence-corrected chi connectivity index (χ0v) is 10.8. The number of amides is 2. The first-order chi connectivity index (χ1) is 8.58. The number of nitrogens with zero attached hydrogens (tertiary/aromatic N) is 1. The number of rotatable bonds is 5. The lowest BCUT2D eigenvalue weighted by atomic mass is 10.1. The second-order valence-electron chi connectivity index (χ2n) is 4.24. The van der Waals surface area contributed by atoms with Crippen molar-refractivity contribution in [2.45, 2.75) is 25.8 Å². The second kappa shape index (κ2) is 7.00. The minimum Gasteiger partial charge on any atom is -0.480 e. The Morgan fingerprint density at radius 3 is 2.78 bits per heavy atom. The molecule has 2 N–H and O–H groups in total. The van der Waals surface area contributed by atoms with Crippen molar-refractivity contribution in [3.63, 3.8) is 0 Å². The molecule has 0 saturated carbocycles. The topological polar surface area (TPSA) is 78.9 Å². The number of nitrogens with one attached hydrogen (secondary N) is 1. The molecule has 102 valence electrons. The van der Waals surface area contributed by atoms with Crippen molar-refractivity contribution >= 4 is 12.0 Å². The fraction of sp³-hybridized carbons (Fsp3) is 0.667. The normalized spacial score (nSPS) is 17.0. The molecular formula is C12H20N2O4. The zero-order valence-electron chi connectivity index (χ0n) is 10.8. The molecule has 0 unspecified atom stereocenters. The van der Waals surface area contributed by atoms with E-state index in [1.807, 2.05) is 6.08 Å². The van der Waals surface area contributed by atoms with E-state index < -0.39 is 12.0 Å². The fourth-order valence-electron chi connectivity index (χ4n) is 1.79. The first-order valence-electron chi connectivity index (χ1n) is 6.03. The molecule has 1 aliphatic heterocycles. The van der Waals surface area contributed by atoms with Crippen molar-refractivity contribution in [1.82, 2.24) is 10.2 Å². The van der Waals surface area contributed by atoms with Crippen LogP contribution in [0.3, 0.4) is 0 Å². The molecule has 0 aromatic rings. The highest BCUT2D eigenvalue weighted by Gasteiger charge is 2.22. The van der Waals surface area contributed by atoms with Crippen LogP contribution in [0.4, 0.5) is 4.79 Å². The van der Waals surface area contributed by atoms with Gasteiger partial charge in [0.15, 0.2) is 0 Å². The lowest BCUT2D eigenvalue weighted by Gasteiger charge is -2.27. The maximum atomic E-state index is 11.8. The van der Waals surface area contributed by atoms with Gasteiger partial charge in [-0.05, 0) is 18.4 Å². The molecule has 0 saturated heterocycles. The van der Waals surface area contributed by atoms with Gasteiger partial charge in [0, 0.05) is 20.2 Å². The number of carboxylic acids is 1. The third-order valence-corrected chi connectivity index (χ3v) is 2.92. The Morgan fingerprint density at radius 2 is 2.33 bits per heavy atom. The molecule has 0 aromatic carbocycles. The van der Waals surface area contributed by atoms with Crippen molar-refractivity contribution in [2.75, 3.05) is 26.8 Å². The van der Waals surface area contributed by atoms with Gasteiger partial charge < -0.3 is 20.1 Å². The van der Waals surface area contributed by atoms with Crippen LogP contribution in [-0.2, 0) is 9.53 Å². The Balaban J connectivity index is 2.47. The average Bonchev–Trinajstić information content (AvgIpc) is 2.36. The molecule has 0 spiro atoms. The van der Waals surface area contributed by atoms with Gasteiger partial charge in [-0.3, -0.25) is 0 Å². The molecule has 1 rings (SSSR count). The Bertz CT molecular complexity index is 341. The number of aliphatic carboxylic acids is 1. The summed E-state index contributed by atoms with van der Waals surface area (Å²) in [4.78, 5) is 24.3. The maximum absolute atomic E-state index is 11.8. The standard InChI is InChI=1S/C12H20N2O4/c1-3-10(11(15)16)13-12(17)14-6-4-9(5-7-14)8-18-2/h4,10H,3,5-8H2,1-2H3,(H,13,17)(H,15,16)/t10-/m1/s1. The summed E-state index contributed by atoms with van der Waals surface area (Å²) in [6.07, 6.45) is 3.10. The molecule has 0 aromatic heterocycles. The number of carbonyl (C=O) groups excluding carboxylic acids is 1. The first kappa shape index (κ1) is 14.5. The summed E-state index contributed by atoms with van der Waals surface area (Å²) in [7, 11) is 1.64. The van der Waals surface area contributed by atoms with Crippen molar-refractivity contribution in [1.29, 1.82) is 0 Å². The van der Waals surface area contributed by atoms with Gasteiger partial charge in [0.25, 0.3) is 0 Å². The van der Waals surface area contributed by atoms with Crippen molar-refractivity contribution in [3.05, 3.63) is 11.6 Å². The third kappa shape index (κ3) is 4.03. The van der Waals surface area contributed by atoms with E-state index >= 15 is 0 Å². The molecule has 18 heavy (non-hydrogen) atoms. The summed E-state index contributed by atoms with van der Waals surface area (Å²) in [5, 5.41) is 11.4. The van der Waals surface area contributed by atoms with Gasteiger partial charge in [0.2, 0.25) is 0 Å². The zero-order chi connectivity index (χ0) is 13.5. The number of hydrogen-bond donors (Lipinski definition) is 2. The van der Waals surface area contributed by atoms with E-state index in [4.69, 9.17) is 9.84 Å². The summed E-state index contributed by atoms with van der Waals surface area (Å²) in [5.41, 5.74) is 1.17. The second-order valence-corrected chi connectivity index (χ2v) is 4.24. The molecular weight excluding hydrogens is 236 g/mol. The van der Waals surface area contributed by atoms with Crippen LogP contribution in [0.15, 0.2) is 11.6 Å². The summed E-state index contributed by atoms with van der Waals surface area (Å²) < 4.78 is 5.03. The summed E-state index contributed by atoms with van der Waals surface area (Å²) in [6, 6.07) is -1.14. The van der Waals surface area contributed by atoms with E-state index in [0.717, 1.165) is 6.42 Å². The Hall–Kier alpha value is -1.56. The molecule has 6 heteroatoms. The van der Waals surface area contributed by atoms with Crippen LogP contribution in [0.5, 0.6) is 0 Å². The number of carbonyl (C=O) groups is 2. The Labute approximate surface area is 107 Å². The smallest absolute Gasteiger partial charge is 0.326 e. The highest BCUT2D eigenvalue weighted by molar-refractivity contribution is 5.82. The third-order valence-electron chi connectivity index (χ3n) is 2.92. The fourth-order valence-corrected chi connectivity index (χ4v) is 1.79. The minimum absolute atomic E-state index is 0.322. The first-order valence-corrected chi connectivity index (χ1v) is 6.03. The molecule has 1 aliphatic rings. The predicted octanol–water partition coefficient (Wildman–Crippen LogP) is 0.838. The van der Waals surface area contributed by atoms with Crippen LogP contribution in [-0.4, -0.2) is 54.9 Å². The van der Waals surface area contributed by atoms with Crippen LogP contribution in [0.2, 0.25) is 0 Å². The number of carboxylic acid groups (broad SMARTS) is 1. The van der Waals surface area contributed by atoms with Crippen LogP contribution in [0, 0.1) is 0 Å². The molecule has 0 bridgehead atoms. The van der Waals surface area contributed by atoms with E-state index in [2.05, 4.69) is 5.32 Å². The van der Waals surface area contributed by atoms with Crippen LogP contribution in [0.1, 0.15) is 19.8 Å². The largest absolute Gasteiger partial charge is 0.480 e. The predicted molar refractivity (Wildman–Crippen MR) is 66.4 cm³/mol. The van der Waals surface area contributed by atoms with Gasteiger partial charge in [-0.15, -0.1) is 0 Å². The van der Waals surface area contributed by atoms with Crippen molar-refractivity contribution < 1.29 is 19.4 Å². The van der Waals surface area contributed by atoms with Gasteiger partial charge in [-0.25, -0.2) is 9.59 Å². The molecule has 6 nitrogen and oxygen atoms in total. The molecule has 0 radical (unpaired) electrons. The molecule has 0 aliphatic carbocycles. The van der Waals surface area contributed by atoms with E-state index in [0.29, 0.717) is 26.1 Å². The Morgan fingerprint density at radius 1 is 1.61 bits per heavy atom. The monoisotopic (exact) mass is 256 g/mol. The number of methoxy groups -OCH3 is 1. The van der Waals surface area contributed by atoms with Gasteiger partial charge in [0.1, 0.15) is 6.04 Å². The SMILES string of the molecule is CC[C@@H](NC(=O)N1CC=C(COC)CC1)C(=O)O. The van der Waals surface area contributed by atoms with Crippen molar-refractivity contribution in [3.8, 4) is 0 Å². The lowest BCUT2D eigenvalue weighted by Crippen LogP contribution is -2.48. The average molecular weight is 256 g/mol. The number of hydrogen-bond acceptors (Lipinski definition) is 3. The van der Waals surface area contributed by atoms with E-state index in [-0.39, 0.29) is 6.03 Å². The van der Waals surface area contributed by atoms with E-state index in [1.54, 1.807) is 18.9 Å². The van der Waals surface area contributed by atoms with Crippen LogP contribution in [0.25, 0.3) is 0 Å². The lowest BCUT2D eigenvalue weighted by molar-refractivity contribution is -0.139. The number of ether oxygens (including phenoxy) is 1. The van der Waals surface area contributed by atoms with Gasteiger partial charge >= 0.3 is 12.0 Å². The van der Waals surface area contributed by atoms with Gasteiger partial charge in [0.05, 0.1) is 6.61 Å². The summed E-state index contributed by atoms with van der Waals surface area (Å²) in [5.74, 6) is -1.00. The van der Waals surface area contributed by atoms with E-state index in [9.17, 15) is 9.59 Å². The molecule has 2 amide bonds. The van der Waals surface area contributed by atoms with E-state index in [1.165, 1.54) is 5.57 Å². The summed E-state index contributed by atoms with van der Waals surface area (Å²) >= 11 is 0. The van der Waals surface area contributed by atoms with Crippen LogP contribution < -0.4 is 5.32 Å². The highest BCUT2D eigenvalue weighted by Crippen LogP contribution is 2.11. The van der Waals surface area contributed by atoms with Gasteiger partial charge in [-0.2, -0.15) is 0 Å².